The molecular weight excluding hydrogens is 511 g/mol. The van der Waals surface area contributed by atoms with Gasteiger partial charge in [-0.15, -0.1) is 0 Å². The third-order valence-electron chi connectivity index (χ3n) is 7.21. The Morgan fingerprint density at radius 3 is 2.48 bits per heavy atom. The number of ether oxygens (including phenoxy) is 2. The molecule has 8 nitrogen and oxygen atoms in total. The van der Waals surface area contributed by atoms with E-state index in [0.29, 0.717) is 22.5 Å². The van der Waals surface area contributed by atoms with Crippen LogP contribution in [0, 0.1) is 5.82 Å². The number of fused-ring (bicyclic) bond motifs is 1. The van der Waals surface area contributed by atoms with Crippen LogP contribution in [-0.2, 0) is 21.6 Å². The van der Waals surface area contributed by atoms with Crippen LogP contribution in [-0.4, -0.2) is 39.0 Å². The Bertz CT molecular complexity index is 1720. The molecule has 2 atom stereocenters. The largest absolute Gasteiger partial charge is 0.481 e. The first-order valence-corrected chi connectivity index (χ1v) is 12.8. The molecule has 1 N–H and O–H groups in total. The molecule has 0 radical (unpaired) electrons. The monoisotopic (exact) mass is 536 g/mol. The maximum absolute atomic E-state index is 14.3. The number of imidazole rings is 1. The molecule has 1 aliphatic heterocycles. The molecule has 0 aliphatic carbocycles. The fraction of sp³-hybridized carbons (Fsp3) is 0.161. The summed E-state index contributed by atoms with van der Waals surface area (Å²) in [6, 6.07) is 23.6. The molecule has 1 fully saturated rings. The molecule has 1 aliphatic rings. The summed E-state index contributed by atoms with van der Waals surface area (Å²) in [5, 5.41) is 0. The number of H-pyrrole nitrogens is 1. The van der Waals surface area contributed by atoms with E-state index in [1.165, 1.54) is 12.1 Å². The number of benzene rings is 3. The Labute approximate surface area is 229 Å². The smallest absolute Gasteiger partial charge is 0.418 e. The number of hydrogen-bond donors (Lipinski definition) is 1. The van der Waals surface area contributed by atoms with Gasteiger partial charge in [-0.1, -0.05) is 54.6 Å². The zero-order valence-electron chi connectivity index (χ0n) is 21.8. The molecule has 5 aromatic rings. The van der Waals surface area contributed by atoms with Crippen molar-refractivity contribution in [3.63, 3.8) is 0 Å². The number of carbonyl (C=O) groups is 2. The first-order valence-electron chi connectivity index (χ1n) is 12.8. The second-order valence-corrected chi connectivity index (χ2v) is 9.61. The number of halogens is 1. The van der Waals surface area contributed by atoms with Crippen molar-refractivity contribution in [2.24, 2.45) is 0 Å². The predicted molar refractivity (Wildman–Crippen MR) is 146 cm³/mol. The highest BCUT2D eigenvalue weighted by atomic mass is 19.1. The normalized spacial score (nSPS) is 17.7. The van der Waals surface area contributed by atoms with Gasteiger partial charge in [0.25, 0.3) is 11.5 Å². The van der Waals surface area contributed by atoms with Crippen molar-refractivity contribution in [1.29, 1.82) is 0 Å². The van der Waals surface area contributed by atoms with Crippen LogP contribution >= 0.6 is 0 Å². The number of aromatic nitrogens is 3. The predicted octanol–water partition coefficient (Wildman–Crippen LogP) is 5.95. The molecule has 1 saturated heterocycles. The molecule has 40 heavy (non-hydrogen) atoms. The third kappa shape index (κ3) is 4.16. The zero-order chi connectivity index (χ0) is 27.9. The van der Waals surface area contributed by atoms with E-state index in [2.05, 4.69) is 9.97 Å². The highest BCUT2D eigenvalue weighted by molar-refractivity contribution is 6.04. The van der Waals surface area contributed by atoms with E-state index in [0.717, 1.165) is 21.6 Å². The SMILES string of the molecule is COc1ncccc1-c1cccc2[nH]c([C@@]3(Cc4ccccc4)OC(=O)N([C@H](C)c4ccc(F)cc4)C3=O)nc12. The van der Waals surface area contributed by atoms with Gasteiger partial charge in [0.05, 0.1) is 24.2 Å². The molecule has 0 spiro atoms. The summed E-state index contributed by atoms with van der Waals surface area (Å²) >= 11 is 0. The van der Waals surface area contributed by atoms with Crippen molar-refractivity contribution in [2.45, 2.75) is 25.0 Å². The summed E-state index contributed by atoms with van der Waals surface area (Å²) in [6.45, 7) is 1.70. The Hall–Kier alpha value is -5.05. The van der Waals surface area contributed by atoms with E-state index in [1.54, 1.807) is 38.4 Å². The minimum Gasteiger partial charge on any atom is -0.481 e. The number of pyridine rings is 1. The van der Waals surface area contributed by atoms with E-state index < -0.39 is 29.5 Å². The molecule has 2 aromatic heterocycles. The van der Waals surface area contributed by atoms with Crippen LogP contribution in [0.1, 0.15) is 29.9 Å². The van der Waals surface area contributed by atoms with Crippen LogP contribution in [0.3, 0.4) is 0 Å². The van der Waals surface area contributed by atoms with Crippen molar-refractivity contribution >= 4 is 23.0 Å². The minimum absolute atomic E-state index is 0.0659. The maximum Gasteiger partial charge on any atom is 0.418 e. The van der Waals surface area contributed by atoms with Crippen molar-refractivity contribution in [1.82, 2.24) is 19.9 Å². The van der Waals surface area contributed by atoms with Gasteiger partial charge in [-0.2, -0.15) is 0 Å². The van der Waals surface area contributed by atoms with Gasteiger partial charge in [-0.25, -0.2) is 24.1 Å². The highest BCUT2D eigenvalue weighted by Gasteiger charge is 2.58. The lowest BCUT2D eigenvalue weighted by atomic mass is 9.92. The summed E-state index contributed by atoms with van der Waals surface area (Å²) in [7, 11) is 1.55. The van der Waals surface area contributed by atoms with Crippen LogP contribution in [0.15, 0.2) is 91.1 Å². The molecule has 2 amide bonds. The summed E-state index contributed by atoms with van der Waals surface area (Å²) in [5.41, 5.74) is 2.33. The second-order valence-electron chi connectivity index (χ2n) is 9.61. The van der Waals surface area contributed by atoms with Crippen LogP contribution in [0.2, 0.25) is 0 Å². The maximum atomic E-state index is 14.3. The first-order chi connectivity index (χ1) is 19.4. The van der Waals surface area contributed by atoms with E-state index in [9.17, 15) is 14.0 Å². The number of aromatic amines is 1. The van der Waals surface area contributed by atoms with Crippen LogP contribution in [0.4, 0.5) is 9.18 Å². The molecule has 0 bridgehead atoms. The van der Waals surface area contributed by atoms with Crippen molar-refractivity contribution < 1.29 is 23.5 Å². The average Bonchev–Trinajstić information content (AvgIpc) is 3.52. The first kappa shape index (κ1) is 25.2. The molecule has 9 heteroatoms. The van der Waals surface area contributed by atoms with Crippen LogP contribution in [0.25, 0.3) is 22.2 Å². The van der Waals surface area contributed by atoms with Crippen molar-refractivity contribution in [3.8, 4) is 17.0 Å². The fourth-order valence-corrected chi connectivity index (χ4v) is 5.17. The number of cyclic esters (lactones) is 1. The summed E-state index contributed by atoms with van der Waals surface area (Å²) in [6.07, 6.45) is 0.907. The minimum atomic E-state index is -1.75. The Morgan fingerprint density at radius 1 is 0.975 bits per heavy atom. The average molecular weight is 537 g/mol. The number of nitrogens with zero attached hydrogens (tertiary/aromatic N) is 3. The quantitative estimate of drug-likeness (QED) is 0.276. The highest BCUT2D eigenvalue weighted by Crippen LogP contribution is 2.42. The van der Waals surface area contributed by atoms with E-state index in [1.807, 2.05) is 54.6 Å². The van der Waals surface area contributed by atoms with Gasteiger partial charge in [0.1, 0.15) is 5.82 Å². The van der Waals surface area contributed by atoms with Gasteiger partial charge >= 0.3 is 6.09 Å². The number of amides is 2. The van der Waals surface area contributed by atoms with Gasteiger partial charge in [-0.3, -0.25) is 4.79 Å². The van der Waals surface area contributed by atoms with Crippen LogP contribution in [0.5, 0.6) is 5.88 Å². The molecule has 0 saturated carbocycles. The lowest BCUT2D eigenvalue weighted by Crippen LogP contribution is -2.42. The third-order valence-corrected chi connectivity index (χ3v) is 7.21. The number of hydrogen-bond acceptors (Lipinski definition) is 6. The second kappa shape index (κ2) is 9.92. The number of methoxy groups -OCH3 is 1. The van der Waals surface area contributed by atoms with Crippen molar-refractivity contribution in [3.05, 3.63) is 114 Å². The fourth-order valence-electron chi connectivity index (χ4n) is 5.17. The van der Waals surface area contributed by atoms with Gasteiger partial charge < -0.3 is 14.5 Å². The molecule has 6 rings (SSSR count). The molecule has 3 aromatic carbocycles. The molecular formula is C31H25FN4O4. The number of rotatable bonds is 7. The van der Waals surface area contributed by atoms with E-state index in [-0.39, 0.29) is 12.2 Å². The van der Waals surface area contributed by atoms with Gasteiger partial charge in [0.15, 0.2) is 5.82 Å². The number of nitrogens with one attached hydrogen (secondary N) is 1. The zero-order valence-corrected chi connectivity index (χ0v) is 21.8. The van der Waals surface area contributed by atoms with Gasteiger partial charge in [0.2, 0.25) is 5.88 Å². The van der Waals surface area contributed by atoms with E-state index in [4.69, 9.17) is 14.5 Å². The van der Waals surface area contributed by atoms with Crippen LogP contribution < -0.4 is 4.74 Å². The number of para-hydroxylation sites is 1. The Kier molecular flexibility index (Phi) is 6.26. The topological polar surface area (TPSA) is 97.4 Å². The lowest BCUT2D eigenvalue weighted by molar-refractivity contribution is -0.139. The molecule has 0 unspecified atom stereocenters. The number of imide groups is 1. The van der Waals surface area contributed by atoms with Crippen molar-refractivity contribution in [2.75, 3.05) is 7.11 Å². The Balaban J connectivity index is 1.49. The molecule has 200 valence electrons. The Morgan fingerprint density at radius 2 is 1.73 bits per heavy atom. The summed E-state index contributed by atoms with van der Waals surface area (Å²) < 4.78 is 25.0. The lowest BCUT2D eigenvalue weighted by Gasteiger charge is -2.25. The van der Waals surface area contributed by atoms with E-state index >= 15 is 0 Å². The summed E-state index contributed by atoms with van der Waals surface area (Å²) in [5.74, 6) is -0.333. The summed E-state index contributed by atoms with van der Waals surface area (Å²) in [4.78, 5) is 41.2. The molecule has 3 heterocycles. The van der Waals surface area contributed by atoms with Gasteiger partial charge in [-0.05, 0) is 48.4 Å². The standard InChI is InChI=1S/C31H25FN4O4/c1-19(21-13-15-22(32)16-14-21)36-29(37)31(40-30(36)38,18-20-8-4-3-5-9-20)28-34-25-12-6-10-23(26(25)35-28)24-11-7-17-33-27(24)39-2/h3-17,19H,18H2,1-2H3,(H,34,35)/t19-,31-/m1/s1. The number of carbonyl (C=O) groups excluding carboxylic acids is 2. The van der Waals surface area contributed by atoms with Gasteiger partial charge in [0, 0.05) is 23.7 Å².